The van der Waals surface area contributed by atoms with Crippen LogP contribution in [0.25, 0.3) is 0 Å². The molecule has 1 unspecified atom stereocenters. The maximum absolute atomic E-state index is 5.80. The predicted octanol–water partition coefficient (Wildman–Crippen LogP) is 3.11. The minimum Gasteiger partial charge on any atom is -0.350 e. The van der Waals surface area contributed by atoms with Gasteiger partial charge in [-0.2, -0.15) is 0 Å². The number of hydrogen-bond acceptors (Lipinski definition) is 2. The van der Waals surface area contributed by atoms with Crippen molar-refractivity contribution in [3.8, 4) is 0 Å². The highest BCUT2D eigenvalue weighted by molar-refractivity contribution is 4.68. The van der Waals surface area contributed by atoms with Gasteiger partial charge in [0.25, 0.3) is 0 Å². The van der Waals surface area contributed by atoms with Gasteiger partial charge in [-0.05, 0) is 26.7 Å². The summed E-state index contributed by atoms with van der Waals surface area (Å²) in [5, 5.41) is 0. The van der Waals surface area contributed by atoms with Gasteiger partial charge >= 0.3 is 0 Å². The molecule has 1 atom stereocenters. The van der Waals surface area contributed by atoms with Crippen LogP contribution in [0.1, 0.15) is 52.9 Å². The lowest BCUT2D eigenvalue weighted by Gasteiger charge is -2.36. The average Bonchev–Trinajstić information content (AvgIpc) is 2.03. The van der Waals surface area contributed by atoms with Crippen LogP contribution in [0, 0.1) is 0 Å². The fraction of sp³-hybridized carbons (Fsp3) is 1.00. The van der Waals surface area contributed by atoms with Gasteiger partial charge in [-0.25, -0.2) is 0 Å². The van der Waals surface area contributed by atoms with Crippen molar-refractivity contribution in [2.24, 2.45) is 0 Å². The van der Waals surface area contributed by atoms with Crippen LogP contribution in [0.2, 0.25) is 0 Å². The number of unbranched alkanes of at least 4 members (excludes halogenated alkanes) is 2. The van der Waals surface area contributed by atoms with Gasteiger partial charge in [-0.15, -0.1) is 0 Å². The molecular formula is C11H22O2. The van der Waals surface area contributed by atoms with Crippen LogP contribution in [0.15, 0.2) is 0 Å². The lowest BCUT2D eigenvalue weighted by Crippen LogP contribution is -2.39. The Balaban J connectivity index is 2.19. The molecule has 0 aromatic rings. The van der Waals surface area contributed by atoms with Gasteiger partial charge < -0.3 is 9.47 Å². The summed E-state index contributed by atoms with van der Waals surface area (Å²) in [5.74, 6) is -0.352. The summed E-state index contributed by atoms with van der Waals surface area (Å²) in [4.78, 5) is 0. The van der Waals surface area contributed by atoms with E-state index in [9.17, 15) is 0 Å². The SMILES string of the molecule is CCCCCC1CCOC(C)(C)O1. The summed E-state index contributed by atoms with van der Waals surface area (Å²) in [7, 11) is 0. The van der Waals surface area contributed by atoms with E-state index in [2.05, 4.69) is 6.92 Å². The fourth-order valence-corrected chi connectivity index (χ4v) is 1.76. The fourth-order valence-electron chi connectivity index (χ4n) is 1.76. The molecule has 78 valence electrons. The van der Waals surface area contributed by atoms with Crippen molar-refractivity contribution in [3.63, 3.8) is 0 Å². The summed E-state index contributed by atoms with van der Waals surface area (Å²) >= 11 is 0. The van der Waals surface area contributed by atoms with E-state index in [0.29, 0.717) is 6.10 Å². The van der Waals surface area contributed by atoms with E-state index < -0.39 is 0 Å². The Morgan fingerprint density at radius 2 is 2.08 bits per heavy atom. The molecule has 13 heavy (non-hydrogen) atoms. The van der Waals surface area contributed by atoms with Gasteiger partial charge in [0.2, 0.25) is 0 Å². The minimum atomic E-state index is -0.352. The molecular weight excluding hydrogens is 164 g/mol. The lowest BCUT2D eigenvalue weighted by molar-refractivity contribution is -0.274. The topological polar surface area (TPSA) is 18.5 Å². The van der Waals surface area contributed by atoms with Gasteiger partial charge in [-0.1, -0.05) is 26.2 Å². The first-order valence-electron chi connectivity index (χ1n) is 5.46. The number of ether oxygens (including phenoxy) is 2. The second-order valence-corrected chi connectivity index (χ2v) is 4.27. The van der Waals surface area contributed by atoms with E-state index in [1.807, 2.05) is 13.8 Å². The quantitative estimate of drug-likeness (QED) is 0.628. The molecule has 0 aromatic carbocycles. The van der Waals surface area contributed by atoms with E-state index in [1.54, 1.807) is 0 Å². The first-order valence-corrected chi connectivity index (χ1v) is 5.46. The average molecular weight is 186 g/mol. The van der Waals surface area contributed by atoms with E-state index in [4.69, 9.17) is 9.47 Å². The van der Waals surface area contributed by atoms with E-state index >= 15 is 0 Å². The summed E-state index contributed by atoms with van der Waals surface area (Å²) in [6.07, 6.45) is 6.58. The smallest absolute Gasteiger partial charge is 0.163 e. The Hall–Kier alpha value is -0.0800. The molecule has 0 N–H and O–H groups in total. The Morgan fingerprint density at radius 1 is 1.31 bits per heavy atom. The van der Waals surface area contributed by atoms with Gasteiger partial charge in [-0.3, -0.25) is 0 Å². The summed E-state index contributed by atoms with van der Waals surface area (Å²) < 4.78 is 11.3. The lowest BCUT2D eigenvalue weighted by atomic mass is 10.1. The molecule has 0 spiro atoms. The Bertz CT molecular complexity index is 143. The second-order valence-electron chi connectivity index (χ2n) is 4.27. The molecule has 0 bridgehead atoms. The normalized spacial score (nSPS) is 27.5. The molecule has 0 radical (unpaired) electrons. The van der Waals surface area contributed by atoms with Gasteiger partial charge in [0.15, 0.2) is 5.79 Å². The Morgan fingerprint density at radius 3 is 2.69 bits per heavy atom. The molecule has 0 aromatic heterocycles. The van der Waals surface area contributed by atoms with Crippen LogP contribution < -0.4 is 0 Å². The highest BCUT2D eigenvalue weighted by Crippen LogP contribution is 2.24. The van der Waals surface area contributed by atoms with Crippen molar-refractivity contribution < 1.29 is 9.47 Å². The Labute approximate surface area is 81.6 Å². The zero-order chi connectivity index (χ0) is 9.73. The van der Waals surface area contributed by atoms with Crippen molar-refractivity contribution >= 4 is 0 Å². The van der Waals surface area contributed by atoms with Crippen molar-refractivity contribution in [1.82, 2.24) is 0 Å². The van der Waals surface area contributed by atoms with E-state index in [0.717, 1.165) is 13.0 Å². The van der Waals surface area contributed by atoms with Crippen molar-refractivity contribution in [3.05, 3.63) is 0 Å². The second kappa shape index (κ2) is 4.97. The van der Waals surface area contributed by atoms with Crippen LogP contribution in [0.4, 0.5) is 0 Å². The van der Waals surface area contributed by atoms with Crippen LogP contribution >= 0.6 is 0 Å². The molecule has 1 fully saturated rings. The molecule has 2 heteroatoms. The zero-order valence-electron chi connectivity index (χ0n) is 9.14. The van der Waals surface area contributed by atoms with Gasteiger partial charge in [0.1, 0.15) is 0 Å². The molecule has 1 heterocycles. The maximum atomic E-state index is 5.80. The highest BCUT2D eigenvalue weighted by atomic mass is 16.7. The van der Waals surface area contributed by atoms with Crippen LogP contribution in [-0.4, -0.2) is 18.5 Å². The third kappa shape index (κ3) is 4.10. The van der Waals surface area contributed by atoms with Gasteiger partial charge in [0.05, 0.1) is 12.7 Å². The molecule has 1 aliphatic rings. The Kier molecular flexibility index (Phi) is 4.20. The maximum Gasteiger partial charge on any atom is 0.163 e. The minimum absolute atomic E-state index is 0.352. The van der Waals surface area contributed by atoms with Crippen LogP contribution in [0.5, 0.6) is 0 Å². The zero-order valence-corrected chi connectivity index (χ0v) is 9.14. The molecule has 0 saturated carbocycles. The molecule has 0 aliphatic carbocycles. The van der Waals surface area contributed by atoms with Crippen molar-refractivity contribution in [2.45, 2.75) is 64.8 Å². The van der Waals surface area contributed by atoms with Crippen LogP contribution in [0.3, 0.4) is 0 Å². The first kappa shape index (κ1) is 11.0. The number of hydrogen-bond donors (Lipinski definition) is 0. The summed E-state index contributed by atoms with van der Waals surface area (Å²) in [6.45, 7) is 7.08. The highest BCUT2D eigenvalue weighted by Gasteiger charge is 2.28. The molecule has 1 rings (SSSR count). The standard InChI is InChI=1S/C11H22O2/c1-4-5-6-7-10-8-9-12-11(2,3)13-10/h10H,4-9H2,1-3H3. The van der Waals surface area contributed by atoms with Crippen molar-refractivity contribution in [2.75, 3.05) is 6.61 Å². The summed E-state index contributed by atoms with van der Waals surface area (Å²) in [6, 6.07) is 0. The van der Waals surface area contributed by atoms with Gasteiger partial charge in [0, 0.05) is 0 Å². The largest absolute Gasteiger partial charge is 0.350 e. The van der Waals surface area contributed by atoms with Crippen molar-refractivity contribution in [1.29, 1.82) is 0 Å². The molecule has 1 saturated heterocycles. The predicted molar refractivity (Wildman–Crippen MR) is 53.7 cm³/mol. The van der Waals surface area contributed by atoms with E-state index in [1.165, 1.54) is 25.7 Å². The first-order chi connectivity index (χ1) is 6.14. The number of rotatable bonds is 4. The molecule has 0 amide bonds. The van der Waals surface area contributed by atoms with Crippen LogP contribution in [-0.2, 0) is 9.47 Å². The molecule has 1 aliphatic heterocycles. The molecule has 2 nitrogen and oxygen atoms in total. The third-order valence-electron chi connectivity index (χ3n) is 2.47. The van der Waals surface area contributed by atoms with E-state index in [-0.39, 0.29) is 5.79 Å². The monoisotopic (exact) mass is 186 g/mol. The third-order valence-corrected chi connectivity index (χ3v) is 2.47. The summed E-state index contributed by atoms with van der Waals surface area (Å²) in [5.41, 5.74) is 0.